The van der Waals surface area contributed by atoms with Gasteiger partial charge in [-0.1, -0.05) is 40.2 Å². The number of hydrogen-bond donors (Lipinski definition) is 1. The molecule has 0 fully saturated rings. The lowest BCUT2D eigenvalue weighted by molar-refractivity contribution is -0.139. The minimum Gasteiger partial charge on any atom is -0.496 e. The van der Waals surface area contributed by atoms with E-state index in [1.54, 1.807) is 12.1 Å². The van der Waals surface area contributed by atoms with Crippen LogP contribution in [-0.4, -0.2) is 12.2 Å². The van der Waals surface area contributed by atoms with Gasteiger partial charge in [-0.2, -0.15) is 13.2 Å². The summed E-state index contributed by atoms with van der Waals surface area (Å²) in [4.78, 5) is 0. The largest absolute Gasteiger partial charge is 0.496 e. The minimum atomic E-state index is -4.53. The molecule has 21 heavy (non-hydrogen) atoms. The van der Waals surface area contributed by atoms with E-state index in [-0.39, 0.29) is 11.1 Å². The fourth-order valence-corrected chi connectivity index (χ4v) is 2.41. The van der Waals surface area contributed by atoms with Crippen LogP contribution in [0.25, 0.3) is 0 Å². The molecule has 2 rings (SSSR count). The molecule has 0 saturated heterocycles. The maximum atomic E-state index is 13.0. The Morgan fingerprint density at radius 1 is 1.10 bits per heavy atom. The molecule has 112 valence electrons. The third-order valence-electron chi connectivity index (χ3n) is 3.05. The SMILES string of the molecule is COc1cc(Br)ccc1C(O)c1ccccc1C(F)(F)F. The van der Waals surface area contributed by atoms with Crippen molar-refractivity contribution in [3.8, 4) is 5.75 Å². The van der Waals surface area contributed by atoms with Crippen LogP contribution in [0.2, 0.25) is 0 Å². The first-order chi connectivity index (χ1) is 9.84. The molecule has 1 N–H and O–H groups in total. The third-order valence-corrected chi connectivity index (χ3v) is 3.54. The van der Waals surface area contributed by atoms with Gasteiger partial charge >= 0.3 is 6.18 Å². The van der Waals surface area contributed by atoms with E-state index >= 15 is 0 Å². The van der Waals surface area contributed by atoms with E-state index in [2.05, 4.69) is 15.9 Å². The molecule has 1 unspecified atom stereocenters. The molecule has 1 atom stereocenters. The Morgan fingerprint density at radius 2 is 1.76 bits per heavy atom. The number of methoxy groups -OCH3 is 1. The average Bonchev–Trinajstić information content (AvgIpc) is 2.45. The van der Waals surface area contributed by atoms with Crippen molar-refractivity contribution in [3.05, 3.63) is 63.6 Å². The van der Waals surface area contributed by atoms with Crippen molar-refractivity contribution in [2.24, 2.45) is 0 Å². The molecule has 0 aliphatic carbocycles. The van der Waals surface area contributed by atoms with Crippen molar-refractivity contribution in [1.29, 1.82) is 0 Å². The summed E-state index contributed by atoms with van der Waals surface area (Å²) in [6.07, 6.45) is -5.95. The van der Waals surface area contributed by atoms with Crippen molar-refractivity contribution in [2.75, 3.05) is 7.11 Å². The molecule has 0 spiro atoms. The molecule has 0 aromatic heterocycles. The van der Waals surface area contributed by atoms with Crippen LogP contribution in [-0.2, 0) is 6.18 Å². The number of ether oxygens (including phenoxy) is 1. The summed E-state index contributed by atoms with van der Waals surface area (Å²) < 4.78 is 44.9. The van der Waals surface area contributed by atoms with Gasteiger partial charge in [-0.15, -0.1) is 0 Å². The predicted octanol–water partition coefficient (Wildman–Crippen LogP) is 4.56. The maximum Gasteiger partial charge on any atom is 0.416 e. The van der Waals surface area contributed by atoms with Crippen LogP contribution in [0.3, 0.4) is 0 Å². The summed E-state index contributed by atoms with van der Waals surface area (Å²) in [5.41, 5.74) is -0.787. The number of rotatable bonds is 3. The molecule has 2 nitrogen and oxygen atoms in total. The fourth-order valence-electron chi connectivity index (χ4n) is 2.07. The smallest absolute Gasteiger partial charge is 0.416 e. The molecule has 6 heteroatoms. The van der Waals surface area contributed by atoms with Gasteiger partial charge in [0.1, 0.15) is 11.9 Å². The summed E-state index contributed by atoms with van der Waals surface area (Å²) in [5, 5.41) is 10.3. The highest BCUT2D eigenvalue weighted by atomic mass is 79.9. The molecule has 2 aromatic rings. The van der Waals surface area contributed by atoms with E-state index < -0.39 is 17.8 Å². The molecule has 0 bridgehead atoms. The van der Waals surface area contributed by atoms with Crippen molar-refractivity contribution >= 4 is 15.9 Å². The highest BCUT2D eigenvalue weighted by molar-refractivity contribution is 9.10. The van der Waals surface area contributed by atoms with Gasteiger partial charge in [0.05, 0.1) is 12.7 Å². The van der Waals surface area contributed by atoms with Crippen molar-refractivity contribution < 1.29 is 23.0 Å². The Labute approximate surface area is 128 Å². The zero-order chi connectivity index (χ0) is 15.6. The minimum absolute atomic E-state index is 0.203. The van der Waals surface area contributed by atoms with Crippen molar-refractivity contribution in [3.63, 3.8) is 0 Å². The normalized spacial score (nSPS) is 13.0. The molecule has 0 aliphatic rings. The van der Waals surface area contributed by atoms with Crippen molar-refractivity contribution in [2.45, 2.75) is 12.3 Å². The van der Waals surface area contributed by atoms with Crippen LogP contribution in [0, 0.1) is 0 Å². The number of alkyl halides is 3. The zero-order valence-electron chi connectivity index (χ0n) is 11.0. The van der Waals surface area contributed by atoms with E-state index in [1.165, 1.54) is 31.4 Å². The molecule has 0 heterocycles. The third kappa shape index (κ3) is 3.39. The average molecular weight is 361 g/mol. The van der Waals surface area contributed by atoms with Gasteiger partial charge in [0, 0.05) is 10.0 Å². The predicted molar refractivity (Wildman–Crippen MR) is 76.2 cm³/mol. The van der Waals surface area contributed by atoms with Gasteiger partial charge in [-0.05, 0) is 23.8 Å². The Morgan fingerprint density at radius 3 is 2.38 bits per heavy atom. The molecule has 0 saturated carbocycles. The second kappa shape index (κ2) is 6.07. The first kappa shape index (κ1) is 15.9. The quantitative estimate of drug-likeness (QED) is 0.869. The maximum absolute atomic E-state index is 13.0. The molecule has 2 aromatic carbocycles. The lowest BCUT2D eigenvalue weighted by Gasteiger charge is -2.19. The number of halogens is 4. The summed E-state index contributed by atoms with van der Waals surface area (Å²) >= 11 is 3.25. The van der Waals surface area contributed by atoms with Gasteiger partial charge in [0.15, 0.2) is 0 Å². The topological polar surface area (TPSA) is 29.5 Å². The summed E-state index contributed by atoms with van der Waals surface area (Å²) in [5.74, 6) is 0.314. The van der Waals surface area contributed by atoms with E-state index in [0.717, 1.165) is 6.07 Å². The summed E-state index contributed by atoms with van der Waals surface area (Å²) in [6.45, 7) is 0. The number of aliphatic hydroxyl groups is 1. The monoisotopic (exact) mass is 360 g/mol. The van der Waals surface area contributed by atoms with Crippen LogP contribution in [0.15, 0.2) is 46.9 Å². The van der Waals surface area contributed by atoms with Gasteiger partial charge in [-0.3, -0.25) is 0 Å². The van der Waals surface area contributed by atoms with Crippen LogP contribution in [0.5, 0.6) is 5.75 Å². The molecular formula is C15H12BrF3O2. The van der Waals surface area contributed by atoms with Gasteiger partial charge in [-0.25, -0.2) is 0 Å². The van der Waals surface area contributed by atoms with Crippen molar-refractivity contribution in [1.82, 2.24) is 0 Å². The van der Waals surface area contributed by atoms with E-state index in [4.69, 9.17) is 4.74 Å². The zero-order valence-corrected chi connectivity index (χ0v) is 12.6. The lowest BCUT2D eigenvalue weighted by atomic mass is 9.96. The van der Waals surface area contributed by atoms with Crippen LogP contribution < -0.4 is 4.74 Å². The van der Waals surface area contributed by atoms with Crippen LogP contribution in [0.4, 0.5) is 13.2 Å². The van der Waals surface area contributed by atoms with Gasteiger partial charge in [0.25, 0.3) is 0 Å². The highest BCUT2D eigenvalue weighted by Gasteiger charge is 2.35. The highest BCUT2D eigenvalue weighted by Crippen LogP contribution is 2.39. The number of benzene rings is 2. The fraction of sp³-hybridized carbons (Fsp3) is 0.200. The second-order valence-corrected chi connectivity index (χ2v) is 5.29. The summed E-state index contributed by atoms with van der Waals surface area (Å²) in [6, 6.07) is 9.71. The molecule has 0 amide bonds. The van der Waals surface area contributed by atoms with Crippen LogP contribution in [0.1, 0.15) is 22.8 Å². The Hall–Kier alpha value is -1.53. The van der Waals surface area contributed by atoms with Gasteiger partial charge < -0.3 is 9.84 Å². The summed E-state index contributed by atoms with van der Waals surface area (Å²) in [7, 11) is 1.40. The Kier molecular flexibility index (Phi) is 4.58. The van der Waals surface area contributed by atoms with E-state index in [0.29, 0.717) is 10.2 Å². The molecule has 0 radical (unpaired) electrons. The first-order valence-corrected chi connectivity index (χ1v) is 6.81. The van der Waals surface area contributed by atoms with Gasteiger partial charge in [0.2, 0.25) is 0 Å². The second-order valence-electron chi connectivity index (χ2n) is 4.37. The number of aliphatic hydroxyl groups excluding tert-OH is 1. The molecule has 0 aliphatic heterocycles. The first-order valence-electron chi connectivity index (χ1n) is 6.02. The van der Waals surface area contributed by atoms with Crippen LogP contribution >= 0.6 is 15.9 Å². The molecular weight excluding hydrogens is 349 g/mol. The number of hydrogen-bond acceptors (Lipinski definition) is 2. The van der Waals surface area contributed by atoms with E-state index in [9.17, 15) is 18.3 Å². The standard InChI is InChI=1S/C15H12BrF3O2/c1-21-13-8-9(16)6-7-11(13)14(20)10-4-2-3-5-12(10)15(17,18)19/h2-8,14,20H,1H3. The Balaban J connectivity index is 2.53. The lowest BCUT2D eigenvalue weighted by Crippen LogP contribution is -2.13. The van der Waals surface area contributed by atoms with E-state index in [1.807, 2.05) is 0 Å². The Bertz CT molecular complexity index is 641.